The van der Waals surface area contributed by atoms with Gasteiger partial charge in [0.25, 0.3) is 0 Å². The largest absolute Gasteiger partial charge is 0.0622 e. The van der Waals surface area contributed by atoms with E-state index >= 15 is 0 Å². The molecule has 2 saturated carbocycles. The van der Waals surface area contributed by atoms with Crippen molar-refractivity contribution in [2.45, 2.75) is 89.9 Å². The normalized spacial score (nSPS) is 21.0. The summed E-state index contributed by atoms with van der Waals surface area (Å²) in [5.41, 5.74) is 4.10. The maximum absolute atomic E-state index is 2.46. The lowest BCUT2D eigenvalue weighted by Crippen LogP contribution is -2.24. The van der Waals surface area contributed by atoms with Crippen molar-refractivity contribution < 1.29 is 0 Å². The average Bonchev–Trinajstić information content (AvgIpc) is 2.71. The van der Waals surface area contributed by atoms with E-state index in [1.807, 2.05) is 0 Å². The Kier molecular flexibility index (Phi) is 7.16. The highest BCUT2D eigenvalue weighted by Gasteiger charge is 2.28. The zero-order valence-electron chi connectivity index (χ0n) is 17.6. The topological polar surface area (TPSA) is 0 Å². The summed E-state index contributed by atoms with van der Waals surface area (Å²) < 4.78 is 0. The molecule has 0 radical (unpaired) electrons. The summed E-state index contributed by atoms with van der Waals surface area (Å²) in [5, 5.41) is 0. The van der Waals surface area contributed by atoms with Crippen molar-refractivity contribution in [3.63, 3.8) is 0 Å². The second-order valence-corrected chi connectivity index (χ2v) is 9.52. The van der Waals surface area contributed by atoms with Crippen LogP contribution in [0.1, 0.15) is 89.2 Å². The van der Waals surface area contributed by atoms with Crippen LogP contribution in [0.2, 0.25) is 0 Å². The second kappa shape index (κ2) is 9.58. The van der Waals surface area contributed by atoms with Crippen LogP contribution in [0.15, 0.2) is 60.7 Å². The van der Waals surface area contributed by atoms with Gasteiger partial charge >= 0.3 is 0 Å². The van der Waals surface area contributed by atoms with Gasteiger partial charge in [0.1, 0.15) is 0 Å². The van der Waals surface area contributed by atoms with E-state index in [9.17, 15) is 0 Å². The van der Waals surface area contributed by atoms with Gasteiger partial charge in [-0.25, -0.2) is 0 Å². The van der Waals surface area contributed by atoms with E-state index in [1.165, 1.54) is 81.8 Å². The minimum Gasteiger partial charge on any atom is -0.0622 e. The zero-order valence-corrected chi connectivity index (χ0v) is 17.6. The first-order valence-electron chi connectivity index (χ1n) is 11.2. The fraction of sp³-hybridized carbons (Fsp3) is 0.556. The molecule has 146 valence electrons. The molecule has 0 unspecified atom stereocenters. The van der Waals surface area contributed by atoms with Gasteiger partial charge in [-0.05, 0) is 54.1 Å². The SMILES string of the molecule is CC1(Cc2ccccc2)CCCCC1.CC1(c2ccccc2)CCCCC1. The standard InChI is InChI=1S/C14H20.C13H18/c1-14(10-6-3-7-11-14)12-13-8-4-2-5-9-13;1-13(10-6-3-7-11-13)12-8-4-2-5-9-12/h2,4-5,8-9H,3,6-7,10-12H2,1H3;2,4-5,8-9H,3,6-7,10-11H2,1H3. The molecule has 0 aromatic heterocycles. The van der Waals surface area contributed by atoms with E-state index in [0.29, 0.717) is 10.8 Å². The van der Waals surface area contributed by atoms with Crippen molar-refractivity contribution in [1.82, 2.24) is 0 Å². The van der Waals surface area contributed by atoms with Crippen LogP contribution in [0, 0.1) is 5.41 Å². The Morgan fingerprint density at radius 3 is 1.63 bits per heavy atom. The summed E-state index contributed by atoms with van der Waals surface area (Å²) in [7, 11) is 0. The summed E-state index contributed by atoms with van der Waals surface area (Å²) >= 11 is 0. The molecule has 0 N–H and O–H groups in total. The molecule has 2 aromatic rings. The Morgan fingerprint density at radius 1 is 0.593 bits per heavy atom. The molecule has 0 aliphatic heterocycles. The molecule has 0 saturated heterocycles. The van der Waals surface area contributed by atoms with Gasteiger partial charge in [-0.3, -0.25) is 0 Å². The third-order valence-corrected chi connectivity index (χ3v) is 6.96. The third-order valence-electron chi connectivity index (χ3n) is 6.96. The third kappa shape index (κ3) is 5.96. The average molecular weight is 363 g/mol. The molecular formula is C27H38. The van der Waals surface area contributed by atoms with Crippen LogP contribution in [-0.2, 0) is 11.8 Å². The molecule has 2 aromatic carbocycles. The molecule has 2 fully saturated rings. The molecule has 0 spiro atoms. The summed E-state index contributed by atoms with van der Waals surface area (Å²) in [6, 6.07) is 21.9. The predicted octanol–water partition coefficient (Wildman–Crippen LogP) is 8.11. The Morgan fingerprint density at radius 2 is 1.07 bits per heavy atom. The summed E-state index contributed by atoms with van der Waals surface area (Å²) in [4.78, 5) is 0. The fourth-order valence-corrected chi connectivity index (χ4v) is 5.13. The Bertz CT molecular complexity index is 643. The first-order chi connectivity index (χ1) is 13.1. The van der Waals surface area contributed by atoms with Gasteiger partial charge in [-0.1, -0.05) is 113 Å². The number of rotatable bonds is 3. The Balaban J connectivity index is 0.000000156. The minimum absolute atomic E-state index is 0.472. The van der Waals surface area contributed by atoms with Crippen molar-refractivity contribution in [1.29, 1.82) is 0 Å². The van der Waals surface area contributed by atoms with Gasteiger partial charge in [-0.15, -0.1) is 0 Å². The quantitative estimate of drug-likeness (QED) is 0.517. The summed E-state index contributed by atoms with van der Waals surface area (Å²) in [5.74, 6) is 0. The smallest absolute Gasteiger partial charge is 0.00753 e. The van der Waals surface area contributed by atoms with Gasteiger partial charge in [0.2, 0.25) is 0 Å². The fourth-order valence-electron chi connectivity index (χ4n) is 5.13. The van der Waals surface area contributed by atoms with Crippen LogP contribution >= 0.6 is 0 Å². The van der Waals surface area contributed by atoms with Crippen molar-refractivity contribution in [3.8, 4) is 0 Å². The lowest BCUT2D eigenvalue weighted by Gasteiger charge is -2.34. The van der Waals surface area contributed by atoms with E-state index in [-0.39, 0.29) is 0 Å². The van der Waals surface area contributed by atoms with Gasteiger partial charge in [0, 0.05) is 0 Å². The molecule has 27 heavy (non-hydrogen) atoms. The van der Waals surface area contributed by atoms with Gasteiger partial charge < -0.3 is 0 Å². The second-order valence-electron chi connectivity index (χ2n) is 9.52. The van der Waals surface area contributed by atoms with Crippen molar-refractivity contribution in [2.24, 2.45) is 5.41 Å². The number of hydrogen-bond acceptors (Lipinski definition) is 0. The van der Waals surface area contributed by atoms with Gasteiger partial charge in [0.15, 0.2) is 0 Å². The van der Waals surface area contributed by atoms with Crippen LogP contribution in [0.3, 0.4) is 0 Å². The lowest BCUT2D eigenvalue weighted by molar-refractivity contribution is 0.215. The van der Waals surface area contributed by atoms with Crippen molar-refractivity contribution >= 4 is 0 Å². The van der Waals surface area contributed by atoms with Crippen LogP contribution in [-0.4, -0.2) is 0 Å². The first-order valence-corrected chi connectivity index (χ1v) is 11.2. The minimum atomic E-state index is 0.472. The predicted molar refractivity (Wildman–Crippen MR) is 118 cm³/mol. The molecule has 2 aliphatic rings. The number of benzene rings is 2. The van der Waals surface area contributed by atoms with E-state index in [2.05, 4.69) is 74.5 Å². The Labute approximate surface area is 167 Å². The van der Waals surface area contributed by atoms with Gasteiger partial charge in [0.05, 0.1) is 0 Å². The molecule has 0 bridgehead atoms. The van der Waals surface area contributed by atoms with E-state index in [4.69, 9.17) is 0 Å². The highest BCUT2D eigenvalue weighted by molar-refractivity contribution is 5.24. The van der Waals surface area contributed by atoms with Crippen LogP contribution < -0.4 is 0 Å². The molecule has 4 rings (SSSR count). The van der Waals surface area contributed by atoms with E-state index in [1.54, 1.807) is 0 Å². The van der Waals surface area contributed by atoms with Crippen LogP contribution in [0.5, 0.6) is 0 Å². The summed E-state index contributed by atoms with van der Waals surface area (Å²) in [6.45, 7) is 4.88. The van der Waals surface area contributed by atoms with Crippen LogP contribution in [0.25, 0.3) is 0 Å². The highest BCUT2D eigenvalue weighted by Crippen LogP contribution is 2.39. The molecule has 0 heteroatoms. The van der Waals surface area contributed by atoms with E-state index < -0.39 is 0 Å². The molecular weight excluding hydrogens is 324 g/mol. The molecule has 0 amide bonds. The van der Waals surface area contributed by atoms with Crippen LogP contribution in [0.4, 0.5) is 0 Å². The maximum atomic E-state index is 2.46. The molecule has 0 nitrogen and oxygen atoms in total. The van der Waals surface area contributed by atoms with Gasteiger partial charge in [-0.2, -0.15) is 0 Å². The zero-order chi connectivity index (χ0) is 19.0. The molecule has 2 aliphatic carbocycles. The maximum Gasteiger partial charge on any atom is -0.00753 e. The molecule has 0 atom stereocenters. The summed E-state index contributed by atoms with van der Waals surface area (Å²) in [6.07, 6.45) is 15.4. The number of hydrogen-bond donors (Lipinski definition) is 0. The van der Waals surface area contributed by atoms with Crippen molar-refractivity contribution in [2.75, 3.05) is 0 Å². The highest BCUT2D eigenvalue weighted by atomic mass is 14.3. The van der Waals surface area contributed by atoms with Crippen molar-refractivity contribution in [3.05, 3.63) is 71.8 Å². The van der Waals surface area contributed by atoms with E-state index in [0.717, 1.165) is 0 Å². The monoisotopic (exact) mass is 362 g/mol. The lowest BCUT2D eigenvalue weighted by atomic mass is 9.71. The molecule has 0 heterocycles. The first kappa shape index (κ1) is 20.2. The Hall–Kier alpha value is -1.56.